The Bertz CT molecular complexity index is 1040. The minimum Gasteiger partial charge on any atom is -0.508 e. The molecule has 5 heteroatoms. The Hall–Kier alpha value is -2.63. The van der Waals surface area contributed by atoms with Crippen molar-refractivity contribution >= 4 is 56.7 Å². The highest BCUT2D eigenvalue weighted by Gasteiger charge is 2.33. The molecule has 4 rings (SSSR count). The Morgan fingerprint density at radius 1 is 1.00 bits per heavy atom. The van der Waals surface area contributed by atoms with Gasteiger partial charge in [-0.3, -0.25) is 9.69 Å². The predicted octanol–water partition coefficient (Wildman–Crippen LogP) is 4.95. The summed E-state index contributed by atoms with van der Waals surface area (Å²) in [5.74, 6) is -0.0712. The molecule has 0 aromatic heterocycles. The minimum atomic E-state index is -0.173. The van der Waals surface area contributed by atoms with Gasteiger partial charge in [-0.1, -0.05) is 72.5 Å². The van der Waals surface area contributed by atoms with E-state index in [0.29, 0.717) is 14.9 Å². The van der Waals surface area contributed by atoms with Gasteiger partial charge in [0.2, 0.25) is 0 Å². The number of aromatic hydroxyl groups is 1. The number of fused-ring (bicyclic) bond motifs is 1. The summed E-state index contributed by atoms with van der Waals surface area (Å²) in [4.78, 5) is 14.9. The van der Waals surface area contributed by atoms with E-state index in [1.807, 2.05) is 48.5 Å². The second kappa shape index (κ2) is 6.35. The van der Waals surface area contributed by atoms with Gasteiger partial charge in [-0.2, -0.15) is 0 Å². The molecule has 1 heterocycles. The van der Waals surface area contributed by atoms with Gasteiger partial charge >= 0.3 is 0 Å². The molecule has 1 saturated heterocycles. The molecule has 3 nitrogen and oxygen atoms in total. The van der Waals surface area contributed by atoms with Gasteiger partial charge in [-0.05, 0) is 34.5 Å². The van der Waals surface area contributed by atoms with E-state index >= 15 is 0 Å². The normalized spacial score (nSPS) is 16.2. The third kappa shape index (κ3) is 2.92. The minimum absolute atomic E-state index is 0.101. The quantitative estimate of drug-likeness (QED) is 0.516. The molecule has 1 fully saturated rings. The van der Waals surface area contributed by atoms with Crippen LogP contribution in [0.4, 0.5) is 5.69 Å². The average molecular weight is 363 g/mol. The summed E-state index contributed by atoms with van der Waals surface area (Å²) in [5, 5.41) is 11.9. The summed E-state index contributed by atoms with van der Waals surface area (Å²) >= 11 is 6.65. The van der Waals surface area contributed by atoms with Crippen molar-refractivity contribution in [1.29, 1.82) is 0 Å². The lowest BCUT2D eigenvalue weighted by Crippen LogP contribution is -2.27. The first-order chi connectivity index (χ1) is 12.1. The van der Waals surface area contributed by atoms with Gasteiger partial charge in [0, 0.05) is 6.07 Å². The zero-order valence-corrected chi connectivity index (χ0v) is 14.7. The largest absolute Gasteiger partial charge is 0.508 e. The Morgan fingerprint density at radius 2 is 1.76 bits per heavy atom. The molecule has 0 bridgehead atoms. The van der Waals surface area contributed by atoms with E-state index in [-0.39, 0.29) is 11.7 Å². The smallest absolute Gasteiger partial charge is 0.270 e. The highest BCUT2D eigenvalue weighted by atomic mass is 32.2. The van der Waals surface area contributed by atoms with Crippen molar-refractivity contribution in [1.82, 2.24) is 0 Å². The van der Waals surface area contributed by atoms with Crippen molar-refractivity contribution in [3.05, 3.63) is 77.2 Å². The van der Waals surface area contributed by atoms with Gasteiger partial charge in [0.05, 0.1) is 10.6 Å². The number of phenols is 1. The molecule has 0 saturated carbocycles. The van der Waals surface area contributed by atoms with Crippen LogP contribution in [0.1, 0.15) is 5.56 Å². The molecular weight excluding hydrogens is 350 g/mol. The molecule has 0 spiro atoms. The number of anilines is 1. The van der Waals surface area contributed by atoms with Gasteiger partial charge in [0.15, 0.2) is 4.32 Å². The second-order valence-corrected chi connectivity index (χ2v) is 7.28. The molecular formula is C20H13NO2S2. The van der Waals surface area contributed by atoms with Crippen molar-refractivity contribution in [2.24, 2.45) is 0 Å². The van der Waals surface area contributed by atoms with Crippen molar-refractivity contribution in [2.45, 2.75) is 0 Å². The number of rotatable bonds is 2. The van der Waals surface area contributed by atoms with E-state index in [4.69, 9.17) is 12.2 Å². The molecule has 25 heavy (non-hydrogen) atoms. The van der Waals surface area contributed by atoms with Crippen molar-refractivity contribution in [2.75, 3.05) is 4.90 Å². The number of hydrogen-bond donors (Lipinski definition) is 1. The summed E-state index contributed by atoms with van der Waals surface area (Å²) in [6.45, 7) is 0. The standard InChI is InChI=1S/C20H13NO2S2/c22-16-9-4-8-15(12-16)21-19(23)18(25-20(21)24)11-14-7-3-6-13-5-1-2-10-17(13)14/h1-12,22H/b18-11-. The molecule has 0 aliphatic carbocycles. The number of thioether (sulfide) groups is 1. The van der Waals surface area contributed by atoms with E-state index in [1.165, 1.54) is 22.7 Å². The first kappa shape index (κ1) is 15.9. The summed E-state index contributed by atoms with van der Waals surface area (Å²) in [6.07, 6.45) is 1.88. The SMILES string of the molecule is O=C1/C(=C/c2cccc3ccccc23)SC(=S)N1c1cccc(O)c1. The molecule has 1 N–H and O–H groups in total. The zero-order valence-electron chi connectivity index (χ0n) is 13.0. The van der Waals surface area contributed by atoms with Crippen molar-refractivity contribution in [3.8, 4) is 5.75 Å². The van der Waals surface area contributed by atoms with Crippen LogP contribution in [0, 0.1) is 0 Å². The van der Waals surface area contributed by atoms with Gasteiger partial charge in [0.25, 0.3) is 5.91 Å². The monoisotopic (exact) mass is 363 g/mol. The third-order valence-electron chi connectivity index (χ3n) is 3.99. The number of hydrogen-bond acceptors (Lipinski definition) is 4. The van der Waals surface area contributed by atoms with E-state index in [0.717, 1.165) is 16.3 Å². The van der Waals surface area contributed by atoms with Gasteiger partial charge in [-0.25, -0.2) is 0 Å². The first-order valence-electron chi connectivity index (χ1n) is 7.68. The lowest BCUT2D eigenvalue weighted by molar-refractivity contribution is -0.113. The van der Waals surface area contributed by atoms with Crippen LogP contribution in [-0.4, -0.2) is 15.3 Å². The lowest BCUT2D eigenvalue weighted by atomic mass is 10.0. The molecule has 3 aromatic carbocycles. The van der Waals surface area contributed by atoms with Crippen molar-refractivity contribution < 1.29 is 9.90 Å². The van der Waals surface area contributed by atoms with Crippen LogP contribution in [0.5, 0.6) is 5.75 Å². The van der Waals surface area contributed by atoms with Crippen LogP contribution < -0.4 is 4.90 Å². The summed E-state index contributed by atoms with van der Waals surface area (Å²) < 4.78 is 0.460. The van der Waals surface area contributed by atoms with E-state index in [1.54, 1.807) is 18.2 Å². The van der Waals surface area contributed by atoms with Crippen LogP contribution in [0.15, 0.2) is 71.6 Å². The summed E-state index contributed by atoms with van der Waals surface area (Å²) in [5.41, 5.74) is 1.55. The Kier molecular flexibility index (Phi) is 4.03. The highest BCUT2D eigenvalue weighted by Crippen LogP contribution is 2.37. The number of amides is 1. The molecule has 122 valence electrons. The van der Waals surface area contributed by atoms with Crippen LogP contribution in [-0.2, 0) is 4.79 Å². The van der Waals surface area contributed by atoms with E-state index < -0.39 is 0 Å². The maximum absolute atomic E-state index is 12.8. The van der Waals surface area contributed by atoms with E-state index in [2.05, 4.69) is 0 Å². The van der Waals surface area contributed by atoms with Gasteiger partial charge < -0.3 is 5.11 Å². The topological polar surface area (TPSA) is 40.5 Å². The second-order valence-electron chi connectivity index (χ2n) is 5.61. The molecule has 1 amide bonds. The third-order valence-corrected chi connectivity index (χ3v) is 5.29. The van der Waals surface area contributed by atoms with Gasteiger partial charge in [-0.15, -0.1) is 0 Å². The predicted molar refractivity (Wildman–Crippen MR) is 108 cm³/mol. The van der Waals surface area contributed by atoms with Crippen LogP contribution in [0.25, 0.3) is 16.8 Å². The number of phenolic OH excluding ortho intramolecular Hbond substituents is 1. The fraction of sp³-hybridized carbons (Fsp3) is 0. The number of thiocarbonyl (C=S) groups is 1. The highest BCUT2D eigenvalue weighted by molar-refractivity contribution is 8.27. The van der Waals surface area contributed by atoms with Crippen LogP contribution in [0.2, 0.25) is 0 Å². The Labute approximate surface area is 154 Å². The van der Waals surface area contributed by atoms with Crippen LogP contribution in [0.3, 0.4) is 0 Å². The molecule has 0 unspecified atom stereocenters. The molecule has 1 aliphatic rings. The summed E-state index contributed by atoms with van der Waals surface area (Å²) in [7, 11) is 0. The number of nitrogens with zero attached hydrogens (tertiary/aromatic N) is 1. The Balaban J connectivity index is 1.75. The number of benzene rings is 3. The molecule has 0 atom stereocenters. The maximum Gasteiger partial charge on any atom is 0.270 e. The number of carbonyl (C=O) groups is 1. The number of carbonyl (C=O) groups excluding carboxylic acids is 1. The maximum atomic E-state index is 12.8. The van der Waals surface area contributed by atoms with Crippen LogP contribution >= 0.6 is 24.0 Å². The molecule has 3 aromatic rings. The zero-order chi connectivity index (χ0) is 17.4. The van der Waals surface area contributed by atoms with E-state index in [9.17, 15) is 9.90 Å². The summed E-state index contributed by atoms with van der Waals surface area (Å²) in [6, 6.07) is 20.6. The fourth-order valence-electron chi connectivity index (χ4n) is 2.84. The first-order valence-corrected chi connectivity index (χ1v) is 8.91. The fourth-order valence-corrected chi connectivity index (χ4v) is 4.13. The van der Waals surface area contributed by atoms with Gasteiger partial charge in [0.1, 0.15) is 5.75 Å². The Morgan fingerprint density at radius 3 is 2.60 bits per heavy atom. The molecule has 0 radical (unpaired) electrons. The molecule has 1 aliphatic heterocycles. The van der Waals surface area contributed by atoms with Crippen molar-refractivity contribution in [3.63, 3.8) is 0 Å². The average Bonchev–Trinajstić information content (AvgIpc) is 2.89. The lowest BCUT2D eigenvalue weighted by Gasteiger charge is -2.14.